The number of benzene rings is 2. The lowest BCUT2D eigenvalue weighted by atomic mass is 9.64. The largest absolute Gasteiger partial charge is 0.490 e. The zero-order valence-electron chi connectivity index (χ0n) is 23.2. The molecular weight excluding hydrogens is 608 g/mol. The molecule has 2 aromatic carbocycles. The minimum Gasteiger partial charge on any atom is -0.490 e. The normalized spacial score (nSPS) is 20.4. The first kappa shape index (κ1) is 27.9. The molecule has 0 radical (unpaired) electrons. The second-order valence-electron chi connectivity index (χ2n) is 12.4. The molecule has 0 bridgehead atoms. The van der Waals surface area contributed by atoms with Gasteiger partial charge in [-0.2, -0.15) is 0 Å². The summed E-state index contributed by atoms with van der Waals surface area (Å²) in [5.74, 6) is 0.604. The van der Waals surface area contributed by atoms with Crippen molar-refractivity contribution >= 4 is 34.2 Å². The maximum Gasteiger partial charge on any atom is 0.174 e. The van der Waals surface area contributed by atoms with Gasteiger partial charge in [0, 0.05) is 41.3 Å². The van der Waals surface area contributed by atoms with Gasteiger partial charge in [0.25, 0.3) is 0 Å². The SMILES string of the molecule is CCOc1cc(C2C3=C(CC(C)(C)CC3=O)NC3=C2C(=O)CC(C)(C)C3)cc(I)c1OCc1ccc(F)cc1. The Labute approximate surface area is 243 Å². The van der Waals surface area contributed by atoms with Crippen molar-refractivity contribution < 1.29 is 23.5 Å². The van der Waals surface area contributed by atoms with Crippen LogP contribution in [-0.2, 0) is 16.2 Å². The standard InChI is InChI=1S/C32H35FINO4/c1-6-38-26-12-19(11-21(34)30(26)39-17-18-7-9-20(33)10-8-18)27-28-22(13-31(2,3)15-24(28)36)35-23-14-32(4,5)16-25(37)29(23)27/h7-12,27,35H,6,13-17H2,1-5H3. The van der Waals surface area contributed by atoms with Crippen LogP contribution in [0.3, 0.4) is 0 Å². The van der Waals surface area contributed by atoms with E-state index in [1.807, 2.05) is 19.1 Å². The molecule has 0 saturated carbocycles. The van der Waals surface area contributed by atoms with E-state index in [9.17, 15) is 14.0 Å². The van der Waals surface area contributed by atoms with Gasteiger partial charge in [-0.3, -0.25) is 9.59 Å². The van der Waals surface area contributed by atoms with Gasteiger partial charge in [-0.1, -0.05) is 39.8 Å². The van der Waals surface area contributed by atoms with E-state index in [-0.39, 0.29) is 34.8 Å². The molecule has 0 unspecified atom stereocenters. The summed E-state index contributed by atoms with van der Waals surface area (Å²) in [5.41, 5.74) is 4.70. The molecule has 0 spiro atoms. The van der Waals surface area contributed by atoms with Crippen LogP contribution in [0.1, 0.15) is 77.3 Å². The lowest BCUT2D eigenvalue weighted by Gasteiger charge is -2.44. The number of nitrogens with one attached hydrogen (secondary N) is 1. The van der Waals surface area contributed by atoms with Crippen molar-refractivity contribution in [1.29, 1.82) is 0 Å². The highest BCUT2D eigenvalue weighted by Crippen LogP contribution is 2.52. The maximum absolute atomic E-state index is 13.7. The summed E-state index contributed by atoms with van der Waals surface area (Å²) in [5, 5.41) is 3.57. The molecule has 1 aliphatic heterocycles. The van der Waals surface area contributed by atoms with Crippen molar-refractivity contribution in [2.75, 3.05) is 6.61 Å². The molecule has 5 rings (SSSR count). The van der Waals surface area contributed by atoms with E-state index in [2.05, 4.69) is 55.6 Å². The summed E-state index contributed by atoms with van der Waals surface area (Å²) in [6.45, 7) is 11.1. The second kappa shape index (κ2) is 10.4. The highest BCUT2D eigenvalue weighted by molar-refractivity contribution is 14.1. The Bertz CT molecular complexity index is 1350. The summed E-state index contributed by atoms with van der Waals surface area (Å²) in [6.07, 6.45) is 2.40. The van der Waals surface area contributed by atoms with Gasteiger partial charge < -0.3 is 14.8 Å². The minimum absolute atomic E-state index is 0.0903. The van der Waals surface area contributed by atoms with Crippen molar-refractivity contribution in [2.45, 2.75) is 72.8 Å². The number of allylic oxidation sites excluding steroid dienone is 4. The molecule has 5 nitrogen and oxygen atoms in total. The smallest absolute Gasteiger partial charge is 0.174 e. The Morgan fingerprint density at radius 3 is 2.00 bits per heavy atom. The van der Waals surface area contributed by atoms with Gasteiger partial charge in [0.15, 0.2) is 23.1 Å². The molecule has 2 aromatic rings. The summed E-state index contributed by atoms with van der Waals surface area (Å²) in [7, 11) is 0. The molecule has 0 atom stereocenters. The molecule has 2 aliphatic carbocycles. The van der Waals surface area contributed by atoms with Crippen LogP contribution in [0.5, 0.6) is 11.5 Å². The van der Waals surface area contributed by atoms with Gasteiger partial charge in [0.2, 0.25) is 0 Å². The first-order chi connectivity index (χ1) is 18.4. The third-order valence-electron chi connectivity index (χ3n) is 7.68. The van der Waals surface area contributed by atoms with Crippen molar-refractivity contribution in [3.05, 3.63) is 79.5 Å². The van der Waals surface area contributed by atoms with E-state index in [1.165, 1.54) is 12.1 Å². The van der Waals surface area contributed by atoms with Gasteiger partial charge in [0.1, 0.15) is 12.4 Å². The first-order valence-corrected chi connectivity index (χ1v) is 14.6. The van der Waals surface area contributed by atoms with Gasteiger partial charge in [-0.25, -0.2) is 4.39 Å². The Morgan fingerprint density at radius 1 is 0.897 bits per heavy atom. The molecular formula is C32H35FINO4. The van der Waals surface area contributed by atoms with Crippen LogP contribution < -0.4 is 14.8 Å². The van der Waals surface area contributed by atoms with Gasteiger partial charge in [-0.05, 0) is 88.6 Å². The number of dihydropyridines is 1. The molecule has 1 heterocycles. The zero-order valence-corrected chi connectivity index (χ0v) is 25.3. The summed E-state index contributed by atoms with van der Waals surface area (Å²) in [6, 6.07) is 10.1. The van der Waals surface area contributed by atoms with E-state index < -0.39 is 5.92 Å². The molecule has 0 amide bonds. The van der Waals surface area contributed by atoms with Crippen LogP contribution in [0.4, 0.5) is 4.39 Å². The van der Waals surface area contributed by atoms with Crippen LogP contribution in [0.25, 0.3) is 0 Å². The monoisotopic (exact) mass is 643 g/mol. The van der Waals surface area contributed by atoms with Crippen molar-refractivity contribution in [2.24, 2.45) is 10.8 Å². The fourth-order valence-corrected chi connectivity index (χ4v) is 6.90. The fraction of sp³-hybridized carbons (Fsp3) is 0.438. The predicted octanol–water partition coefficient (Wildman–Crippen LogP) is 7.38. The third kappa shape index (κ3) is 5.65. The van der Waals surface area contributed by atoms with E-state index in [0.717, 1.165) is 38.9 Å². The predicted molar refractivity (Wildman–Crippen MR) is 157 cm³/mol. The average Bonchev–Trinajstić information content (AvgIpc) is 2.81. The number of Topliss-reactive ketones (excluding diaryl/α,β-unsaturated/α-hetero) is 2. The van der Waals surface area contributed by atoms with Crippen LogP contribution in [-0.4, -0.2) is 18.2 Å². The Balaban J connectivity index is 1.60. The topological polar surface area (TPSA) is 64.6 Å². The Morgan fingerprint density at radius 2 is 1.46 bits per heavy atom. The average molecular weight is 644 g/mol. The van der Waals surface area contributed by atoms with E-state index in [4.69, 9.17) is 9.47 Å². The Kier molecular flexibility index (Phi) is 7.42. The number of ketones is 2. The van der Waals surface area contributed by atoms with Gasteiger partial charge in [-0.15, -0.1) is 0 Å². The zero-order chi connectivity index (χ0) is 28.1. The molecule has 0 aromatic heterocycles. The molecule has 39 heavy (non-hydrogen) atoms. The number of carbonyl (C=O) groups is 2. The van der Waals surface area contributed by atoms with Crippen molar-refractivity contribution in [1.82, 2.24) is 5.32 Å². The number of hydrogen-bond donors (Lipinski definition) is 1. The van der Waals surface area contributed by atoms with E-state index >= 15 is 0 Å². The van der Waals surface area contributed by atoms with Crippen LogP contribution >= 0.6 is 22.6 Å². The van der Waals surface area contributed by atoms with E-state index in [0.29, 0.717) is 42.1 Å². The van der Waals surface area contributed by atoms with Gasteiger partial charge in [0.05, 0.1) is 10.2 Å². The molecule has 206 valence electrons. The van der Waals surface area contributed by atoms with Crippen LogP contribution in [0.2, 0.25) is 0 Å². The molecule has 7 heteroatoms. The number of rotatable bonds is 6. The Hall–Kier alpha value is -2.68. The number of halogens is 2. The first-order valence-electron chi connectivity index (χ1n) is 13.5. The number of ether oxygens (including phenoxy) is 2. The molecule has 0 fully saturated rings. The van der Waals surface area contributed by atoms with Crippen LogP contribution in [0, 0.1) is 20.2 Å². The number of hydrogen-bond acceptors (Lipinski definition) is 5. The lowest BCUT2D eigenvalue weighted by molar-refractivity contribution is -0.119. The summed E-state index contributed by atoms with van der Waals surface area (Å²) in [4.78, 5) is 27.3. The second-order valence-corrected chi connectivity index (χ2v) is 13.6. The lowest BCUT2D eigenvalue weighted by Crippen LogP contribution is -2.42. The number of carbonyl (C=O) groups excluding carboxylic acids is 2. The minimum atomic E-state index is -0.442. The quantitative estimate of drug-likeness (QED) is 0.333. The summed E-state index contributed by atoms with van der Waals surface area (Å²) >= 11 is 2.23. The highest BCUT2D eigenvalue weighted by atomic mass is 127. The van der Waals surface area contributed by atoms with Gasteiger partial charge >= 0.3 is 0 Å². The molecule has 3 aliphatic rings. The maximum atomic E-state index is 13.7. The van der Waals surface area contributed by atoms with Crippen LogP contribution in [0.15, 0.2) is 58.9 Å². The van der Waals surface area contributed by atoms with E-state index in [1.54, 1.807) is 12.1 Å². The van der Waals surface area contributed by atoms with Crippen molar-refractivity contribution in [3.63, 3.8) is 0 Å². The molecule has 1 N–H and O–H groups in total. The third-order valence-corrected chi connectivity index (χ3v) is 8.48. The fourth-order valence-electron chi connectivity index (χ4n) is 6.12. The summed E-state index contributed by atoms with van der Waals surface area (Å²) < 4.78 is 26.4. The molecule has 0 saturated heterocycles. The highest BCUT2D eigenvalue weighted by Gasteiger charge is 2.46. The van der Waals surface area contributed by atoms with Crippen molar-refractivity contribution in [3.8, 4) is 11.5 Å².